The molecule has 92 valence electrons. The first-order valence-electron chi connectivity index (χ1n) is 5.36. The van der Waals surface area contributed by atoms with Gasteiger partial charge in [-0.15, -0.1) is 0 Å². The molecule has 1 fully saturated rings. The van der Waals surface area contributed by atoms with Gasteiger partial charge in [-0.1, -0.05) is 12.1 Å². The Hall–Kier alpha value is -1.49. The Bertz CT molecular complexity index is 455. The number of rotatable bonds is 1. The van der Waals surface area contributed by atoms with E-state index in [1.807, 2.05) is 6.92 Å². The lowest BCUT2D eigenvalue weighted by Crippen LogP contribution is -2.43. The van der Waals surface area contributed by atoms with Crippen LogP contribution in [-0.4, -0.2) is 34.8 Å². The van der Waals surface area contributed by atoms with E-state index in [1.54, 1.807) is 11.0 Å². The number of nitrogens with zero attached hydrogens (tertiary/aromatic N) is 2. The minimum Gasteiger partial charge on any atom is -0.452 e. The van der Waals surface area contributed by atoms with Gasteiger partial charge in [0.05, 0.1) is 17.5 Å². The Morgan fingerprint density at radius 1 is 1.71 bits per heavy atom. The van der Waals surface area contributed by atoms with Crippen LogP contribution >= 0.6 is 11.6 Å². The molecule has 0 aliphatic carbocycles. The van der Waals surface area contributed by atoms with Crippen molar-refractivity contribution in [3.05, 3.63) is 23.1 Å². The Morgan fingerprint density at radius 2 is 2.47 bits per heavy atom. The molecule has 1 aliphatic heterocycles. The molecule has 0 aromatic carbocycles. The van der Waals surface area contributed by atoms with E-state index in [4.69, 9.17) is 21.2 Å². The van der Waals surface area contributed by atoms with Crippen LogP contribution in [0.4, 0.5) is 0 Å². The summed E-state index contributed by atoms with van der Waals surface area (Å²) in [6.45, 7) is 2.98. The van der Waals surface area contributed by atoms with E-state index in [-0.39, 0.29) is 17.0 Å². The van der Waals surface area contributed by atoms with Gasteiger partial charge in [-0.2, -0.15) is 0 Å². The van der Waals surface area contributed by atoms with Gasteiger partial charge in [0.2, 0.25) is 5.22 Å². The summed E-state index contributed by atoms with van der Waals surface area (Å²) in [6.07, 6.45) is 1.97. The second-order valence-corrected chi connectivity index (χ2v) is 4.44. The number of hydrogen-bond acceptors (Lipinski definition) is 4. The average Bonchev–Trinajstić information content (AvgIpc) is 2.74. The van der Waals surface area contributed by atoms with E-state index in [9.17, 15) is 4.79 Å². The lowest BCUT2D eigenvalue weighted by molar-refractivity contribution is 0.0733. The minimum absolute atomic E-state index is 0.0587. The third-order valence-corrected chi connectivity index (χ3v) is 3.26. The molecule has 2 rings (SSSR count). The molecule has 1 amide bonds. The molecule has 0 spiro atoms. The normalized spacial score (nSPS) is 23.1. The van der Waals surface area contributed by atoms with Crippen LogP contribution in [0.5, 0.6) is 0 Å². The van der Waals surface area contributed by atoms with Gasteiger partial charge in [-0.25, -0.2) is 0 Å². The third kappa shape index (κ3) is 2.29. The van der Waals surface area contributed by atoms with Crippen LogP contribution in [0.25, 0.3) is 0 Å². The number of furan rings is 1. The molecule has 1 unspecified atom stereocenters. The van der Waals surface area contributed by atoms with Crippen LogP contribution in [0.1, 0.15) is 23.7 Å². The maximum absolute atomic E-state index is 12.1. The fourth-order valence-corrected chi connectivity index (χ4v) is 2.17. The Balaban J connectivity index is 2.11. The van der Waals surface area contributed by atoms with Crippen LogP contribution in [0.3, 0.4) is 0 Å². The summed E-state index contributed by atoms with van der Waals surface area (Å²) in [5.41, 5.74) is 1.11. The van der Waals surface area contributed by atoms with Crippen molar-refractivity contribution < 1.29 is 14.4 Å². The van der Waals surface area contributed by atoms with Crippen molar-refractivity contribution in [2.45, 2.75) is 13.3 Å². The molecular formula is C11H13ClN2O3. The molecule has 0 radical (unpaired) electrons. The van der Waals surface area contributed by atoms with E-state index in [0.29, 0.717) is 25.1 Å². The highest BCUT2D eigenvalue weighted by Crippen LogP contribution is 2.21. The number of carbonyl (C=O) groups excluding carboxylic acids is 1. The zero-order chi connectivity index (χ0) is 12.4. The number of halogens is 1. The molecule has 5 nitrogen and oxygen atoms in total. The van der Waals surface area contributed by atoms with Crippen molar-refractivity contribution in [2.24, 2.45) is 11.1 Å². The van der Waals surface area contributed by atoms with Gasteiger partial charge in [0.25, 0.3) is 5.91 Å². The molecule has 1 atom stereocenters. The summed E-state index contributed by atoms with van der Waals surface area (Å²) < 4.78 is 4.90. The fourth-order valence-electron chi connectivity index (χ4n) is 1.97. The van der Waals surface area contributed by atoms with E-state index in [0.717, 1.165) is 5.71 Å². The van der Waals surface area contributed by atoms with Crippen molar-refractivity contribution in [2.75, 3.05) is 13.1 Å². The van der Waals surface area contributed by atoms with Gasteiger partial charge in [0, 0.05) is 25.4 Å². The van der Waals surface area contributed by atoms with Gasteiger partial charge < -0.3 is 14.5 Å². The third-order valence-electron chi connectivity index (χ3n) is 2.96. The Kier molecular flexibility index (Phi) is 3.38. The van der Waals surface area contributed by atoms with Crippen LogP contribution in [0, 0.1) is 5.92 Å². The minimum atomic E-state index is -0.146. The molecule has 17 heavy (non-hydrogen) atoms. The predicted molar refractivity (Wildman–Crippen MR) is 62.6 cm³/mol. The van der Waals surface area contributed by atoms with E-state index < -0.39 is 0 Å². The number of amides is 1. The molecule has 6 heteroatoms. The predicted octanol–water partition coefficient (Wildman–Crippen LogP) is 2.25. The van der Waals surface area contributed by atoms with Gasteiger partial charge in [0.1, 0.15) is 0 Å². The van der Waals surface area contributed by atoms with Gasteiger partial charge in [-0.05, 0) is 17.7 Å². The number of hydrogen-bond donors (Lipinski definition) is 1. The number of piperidine rings is 1. The first-order valence-corrected chi connectivity index (χ1v) is 5.74. The van der Waals surface area contributed by atoms with E-state index >= 15 is 0 Å². The van der Waals surface area contributed by atoms with Crippen molar-refractivity contribution in [3.63, 3.8) is 0 Å². The lowest BCUT2D eigenvalue weighted by Gasteiger charge is -2.31. The maximum Gasteiger partial charge on any atom is 0.258 e. The molecule has 1 aromatic rings. The first-order chi connectivity index (χ1) is 8.13. The topological polar surface area (TPSA) is 66.0 Å². The zero-order valence-electron chi connectivity index (χ0n) is 9.39. The lowest BCUT2D eigenvalue weighted by atomic mass is 9.97. The van der Waals surface area contributed by atoms with E-state index in [2.05, 4.69) is 5.16 Å². The first kappa shape index (κ1) is 12.0. The fraction of sp³-hybridized carbons (Fsp3) is 0.455. The van der Waals surface area contributed by atoms with Crippen LogP contribution in [0.15, 0.2) is 21.9 Å². The van der Waals surface area contributed by atoms with Crippen molar-refractivity contribution in [1.29, 1.82) is 0 Å². The number of likely N-dealkylation sites (tertiary alicyclic amines) is 1. The van der Waals surface area contributed by atoms with Crippen molar-refractivity contribution in [3.8, 4) is 0 Å². The quantitative estimate of drug-likeness (QED) is 0.619. The second kappa shape index (κ2) is 4.79. The Morgan fingerprint density at radius 3 is 3.00 bits per heavy atom. The van der Waals surface area contributed by atoms with Crippen molar-refractivity contribution >= 4 is 23.2 Å². The van der Waals surface area contributed by atoms with Crippen LogP contribution in [0.2, 0.25) is 5.22 Å². The molecule has 1 saturated heterocycles. The molecular weight excluding hydrogens is 244 g/mol. The van der Waals surface area contributed by atoms with Gasteiger partial charge >= 0.3 is 0 Å². The number of oxime groups is 1. The standard InChI is InChI=1S/C11H13ClN2O3/c1-7-6-14(4-2-9(7)13-16)11(15)8-3-5-17-10(8)12/h3,5,7,16H,2,4,6H2,1H3/b13-9+. The molecule has 0 saturated carbocycles. The monoisotopic (exact) mass is 256 g/mol. The highest BCUT2D eigenvalue weighted by Gasteiger charge is 2.28. The molecule has 0 bridgehead atoms. The number of carbonyl (C=O) groups is 1. The SMILES string of the molecule is CC1CN(C(=O)c2ccoc2Cl)CC/C1=N\O. The van der Waals surface area contributed by atoms with Crippen LogP contribution < -0.4 is 0 Å². The molecule has 1 aromatic heterocycles. The van der Waals surface area contributed by atoms with E-state index in [1.165, 1.54) is 6.26 Å². The summed E-state index contributed by atoms with van der Waals surface area (Å²) in [4.78, 5) is 13.8. The summed E-state index contributed by atoms with van der Waals surface area (Å²) in [6, 6.07) is 1.56. The second-order valence-electron chi connectivity index (χ2n) is 4.10. The van der Waals surface area contributed by atoms with Gasteiger partial charge in [-0.3, -0.25) is 4.79 Å². The highest BCUT2D eigenvalue weighted by atomic mass is 35.5. The highest BCUT2D eigenvalue weighted by molar-refractivity contribution is 6.32. The summed E-state index contributed by atoms with van der Waals surface area (Å²) >= 11 is 5.77. The van der Waals surface area contributed by atoms with Crippen LogP contribution in [-0.2, 0) is 0 Å². The Labute approximate surface area is 104 Å². The largest absolute Gasteiger partial charge is 0.452 e. The summed E-state index contributed by atoms with van der Waals surface area (Å²) in [7, 11) is 0. The maximum atomic E-state index is 12.1. The molecule has 2 heterocycles. The smallest absolute Gasteiger partial charge is 0.258 e. The van der Waals surface area contributed by atoms with Gasteiger partial charge in [0.15, 0.2) is 0 Å². The molecule has 1 aliphatic rings. The zero-order valence-corrected chi connectivity index (χ0v) is 10.1. The van der Waals surface area contributed by atoms with Crippen molar-refractivity contribution in [1.82, 2.24) is 4.90 Å². The summed E-state index contributed by atoms with van der Waals surface area (Å²) in [5, 5.41) is 12.1. The average molecular weight is 257 g/mol. The summed E-state index contributed by atoms with van der Waals surface area (Å²) in [5.74, 6) is -0.0871. The molecule has 1 N–H and O–H groups in total.